The van der Waals surface area contributed by atoms with Gasteiger partial charge in [0, 0.05) is 18.4 Å². The Hall–Kier alpha value is -1.15. The molecule has 17 heavy (non-hydrogen) atoms. The Bertz CT molecular complexity index is 448. The maximum atomic E-state index is 12.0. The third-order valence-electron chi connectivity index (χ3n) is 4.33. The molecule has 1 fully saturated rings. The van der Waals surface area contributed by atoms with E-state index >= 15 is 0 Å². The lowest BCUT2D eigenvalue weighted by atomic mass is 9.71. The number of benzene rings is 1. The summed E-state index contributed by atoms with van der Waals surface area (Å²) in [5, 5.41) is 0. The number of carbonyl (C=O) groups excluding carboxylic acids is 1. The van der Waals surface area contributed by atoms with Crippen molar-refractivity contribution in [2.24, 2.45) is 5.73 Å². The van der Waals surface area contributed by atoms with Crippen molar-refractivity contribution in [2.45, 2.75) is 50.0 Å². The molecule has 2 nitrogen and oxygen atoms in total. The van der Waals surface area contributed by atoms with E-state index in [9.17, 15) is 4.79 Å². The average Bonchev–Trinajstić information content (AvgIpc) is 2.24. The molecule has 0 bridgehead atoms. The van der Waals surface area contributed by atoms with E-state index in [1.165, 1.54) is 17.5 Å². The summed E-state index contributed by atoms with van der Waals surface area (Å²) >= 11 is 0. The molecule has 0 saturated heterocycles. The summed E-state index contributed by atoms with van der Waals surface area (Å²) in [6.45, 7) is 0. The highest BCUT2D eigenvalue weighted by Gasteiger charge is 2.36. The summed E-state index contributed by atoms with van der Waals surface area (Å²) in [6.07, 6.45) is 5.59. The molecule has 2 aliphatic carbocycles. The van der Waals surface area contributed by atoms with Gasteiger partial charge in [-0.3, -0.25) is 4.79 Å². The predicted octanol–water partition coefficient (Wildman–Crippen LogP) is 2.56. The van der Waals surface area contributed by atoms with Crippen LogP contribution in [0.5, 0.6) is 0 Å². The van der Waals surface area contributed by atoms with E-state index in [1.54, 1.807) is 0 Å². The van der Waals surface area contributed by atoms with Crippen molar-refractivity contribution in [2.75, 3.05) is 0 Å². The van der Waals surface area contributed by atoms with Crippen LogP contribution in [-0.2, 0) is 11.2 Å². The van der Waals surface area contributed by atoms with Crippen molar-refractivity contribution in [3.05, 3.63) is 35.4 Å². The molecule has 2 heteroatoms. The summed E-state index contributed by atoms with van der Waals surface area (Å²) in [4.78, 5) is 12.0. The fraction of sp³-hybridized carbons (Fsp3) is 0.533. The zero-order valence-corrected chi connectivity index (χ0v) is 10.1. The number of hydrogen-bond donors (Lipinski definition) is 1. The van der Waals surface area contributed by atoms with Crippen molar-refractivity contribution in [3.63, 3.8) is 0 Å². The van der Waals surface area contributed by atoms with Crippen LogP contribution in [0.2, 0.25) is 0 Å². The fourth-order valence-corrected chi connectivity index (χ4v) is 3.09. The normalized spacial score (nSPS) is 24.4. The Morgan fingerprint density at radius 2 is 2.12 bits per heavy atom. The van der Waals surface area contributed by atoms with Crippen LogP contribution in [0.4, 0.5) is 0 Å². The first-order valence-electron chi connectivity index (χ1n) is 6.55. The van der Waals surface area contributed by atoms with E-state index in [1.807, 2.05) is 0 Å². The van der Waals surface area contributed by atoms with Crippen molar-refractivity contribution >= 4 is 5.78 Å². The predicted molar refractivity (Wildman–Crippen MR) is 67.9 cm³/mol. The number of rotatable bonds is 4. The lowest BCUT2D eigenvalue weighted by Crippen LogP contribution is -2.48. The standard InChI is InChI=1S/C15H19NO/c16-15(6-3-7-15)10-13(17)9-12-8-11-4-1-2-5-14(11)12/h1-2,4-5,12H,3,6-10,16H2. The molecule has 2 N–H and O–H groups in total. The third kappa shape index (κ3) is 2.02. The van der Waals surface area contributed by atoms with Gasteiger partial charge in [0.15, 0.2) is 0 Å². The maximum absolute atomic E-state index is 12.0. The number of hydrogen-bond acceptors (Lipinski definition) is 2. The molecule has 1 aromatic carbocycles. The van der Waals surface area contributed by atoms with Gasteiger partial charge in [-0.05, 0) is 42.7 Å². The molecule has 0 aliphatic heterocycles. The maximum Gasteiger partial charge on any atom is 0.135 e. The summed E-state index contributed by atoms with van der Waals surface area (Å²) < 4.78 is 0. The van der Waals surface area contributed by atoms with E-state index in [-0.39, 0.29) is 5.54 Å². The first-order valence-corrected chi connectivity index (χ1v) is 6.55. The molecule has 1 aromatic rings. The Balaban J connectivity index is 1.57. The Morgan fingerprint density at radius 1 is 1.35 bits per heavy atom. The quantitative estimate of drug-likeness (QED) is 0.862. The highest BCUT2D eigenvalue weighted by molar-refractivity contribution is 5.81. The molecule has 0 heterocycles. The van der Waals surface area contributed by atoms with Crippen LogP contribution >= 0.6 is 0 Å². The van der Waals surface area contributed by atoms with Crippen LogP contribution in [0, 0.1) is 0 Å². The van der Waals surface area contributed by atoms with Crippen LogP contribution in [0.25, 0.3) is 0 Å². The number of carbonyl (C=O) groups is 1. The summed E-state index contributed by atoms with van der Waals surface area (Å²) in [7, 11) is 0. The van der Waals surface area contributed by atoms with Gasteiger partial charge in [0.05, 0.1) is 0 Å². The molecule has 90 valence electrons. The second-order valence-electron chi connectivity index (χ2n) is 5.74. The third-order valence-corrected chi connectivity index (χ3v) is 4.33. The number of Topliss-reactive ketones (excluding diaryl/α,β-unsaturated/α-hetero) is 1. The highest BCUT2D eigenvalue weighted by atomic mass is 16.1. The van der Waals surface area contributed by atoms with Crippen LogP contribution in [0.15, 0.2) is 24.3 Å². The smallest absolute Gasteiger partial charge is 0.135 e. The second-order valence-corrected chi connectivity index (χ2v) is 5.74. The Labute approximate surface area is 102 Å². The van der Waals surface area contributed by atoms with E-state index < -0.39 is 0 Å². The SMILES string of the molecule is NC1(CC(=O)CC2Cc3ccccc32)CCC1. The summed E-state index contributed by atoms with van der Waals surface area (Å²) in [5.74, 6) is 0.814. The van der Waals surface area contributed by atoms with Crippen LogP contribution in [0.1, 0.15) is 49.1 Å². The minimum absolute atomic E-state index is 0.152. The van der Waals surface area contributed by atoms with Crippen LogP contribution in [-0.4, -0.2) is 11.3 Å². The van der Waals surface area contributed by atoms with Crippen molar-refractivity contribution in [1.29, 1.82) is 0 Å². The Morgan fingerprint density at radius 3 is 2.76 bits per heavy atom. The van der Waals surface area contributed by atoms with Gasteiger partial charge in [-0.1, -0.05) is 24.3 Å². The van der Waals surface area contributed by atoms with E-state index in [0.29, 0.717) is 24.5 Å². The minimum atomic E-state index is -0.152. The number of nitrogens with two attached hydrogens (primary N) is 1. The highest BCUT2D eigenvalue weighted by Crippen LogP contribution is 2.39. The molecule has 1 atom stereocenters. The molecule has 3 rings (SSSR count). The lowest BCUT2D eigenvalue weighted by Gasteiger charge is -2.38. The van der Waals surface area contributed by atoms with E-state index in [2.05, 4.69) is 24.3 Å². The number of fused-ring (bicyclic) bond motifs is 1. The monoisotopic (exact) mass is 229 g/mol. The molecule has 1 unspecified atom stereocenters. The topological polar surface area (TPSA) is 43.1 Å². The van der Waals surface area contributed by atoms with Crippen molar-refractivity contribution in [3.8, 4) is 0 Å². The molecule has 0 radical (unpaired) electrons. The van der Waals surface area contributed by atoms with Gasteiger partial charge in [0.25, 0.3) is 0 Å². The van der Waals surface area contributed by atoms with Crippen LogP contribution < -0.4 is 5.73 Å². The van der Waals surface area contributed by atoms with Gasteiger partial charge in [-0.2, -0.15) is 0 Å². The van der Waals surface area contributed by atoms with Gasteiger partial charge >= 0.3 is 0 Å². The first-order chi connectivity index (χ1) is 8.16. The van der Waals surface area contributed by atoms with Gasteiger partial charge in [0.1, 0.15) is 5.78 Å². The number of ketones is 1. The van der Waals surface area contributed by atoms with Crippen molar-refractivity contribution in [1.82, 2.24) is 0 Å². The zero-order valence-electron chi connectivity index (χ0n) is 10.1. The Kier molecular flexibility index (Phi) is 2.55. The summed E-state index contributed by atoms with van der Waals surface area (Å²) in [6, 6.07) is 8.44. The van der Waals surface area contributed by atoms with Gasteiger partial charge < -0.3 is 5.73 Å². The van der Waals surface area contributed by atoms with Crippen LogP contribution in [0.3, 0.4) is 0 Å². The van der Waals surface area contributed by atoms with Gasteiger partial charge in [0.2, 0.25) is 0 Å². The van der Waals surface area contributed by atoms with E-state index in [0.717, 1.165) is 19.3 Å². The summed E-state index contributed by atoms with van der Waals surface area (Å²) in [5.41, 5.74) is 8.75. The molecule has 1 saturated carbocycles. The first kappa shape index (κ1) is 11.0. The van der Waals surface area contributed by atoms with Gasteiger partial charge in [-0.25, -0.2) is 0 Å². The molecule has 0 amide bonds. The molecule has 0 aromatic heterocycles. The molecular weight excluding hydrogens is 210 g/mol. The molecule has 2 aliphatic rings. The van der Waals surface area contributed by atoms with E-state index in [4.69, 9.17) is 5.73 Å². The largest absolute Gasteiger partial charge is 0.325 e. The zero-order chi connectivity index (χ0) is 11.9. The second kappa shape index (κ2) is 3.95. The lowest BCUT2D eigenvalue weighted by molar-refractivity contribution is -0.121. The van der Waals surface area contributed by atoms with Gasteiger partial charge in [-0.15, -0.1) is 0 Å². The molecular formula is C15H19NO. The average molecular weight is 229 g/mol. The molecule has 0 spiro atoms. The van der Waals surface area contributed by atoms with Crippen molar-refractivity contribution < 1.29 is 4.79 Å². The minimum Gasteiger partial charge on any atom is -0.325 e. The fourth-order valence-electron chi connectivity index (χ4n) is 3.09.